The lowest BCUT2D eigenvalue weighted by Gasteiger charge is -2.13. The van der Waals surface area contributed by atoms with E-state index >= 15 is 0 Å². The van der Waals surface area contributed by atoms with Gasteiger partial charge in [0.05, 0.1) is 11.6 Å². The Morgan fingerprint density at radius 2 is 2.16 bits per heavy atom. The van der Waals surface area contributed by atoms with E-state index in [2.05, 4.69) is 26.3 Å². The van der Waals surface area contributed by atoms with Crippen molar-refractivity contribution in [3.63, 3.8) is 0 Å². The third-order valence-electron chi connectivity index (χ3n) is 3.12. The molecule has 1 unspecified atom stereocenters. The largest absolute Gasteiger partial charge is 0.388 e. The number of rotatable bonds is 3. The van der Waals surface area contributed by atoms with Crippen LogP contribution in [0.4, 0.5) is 0 Å². The van der Waals surface area contributed by atoms with Gasteiger partial charge in [0.2, 0.25) is 0 Å². The fourth-order valence-corrected chi connectivity index (χ4v) is 3.30. The zero-order valence-electron chi connectivity index (χ0n) is 10.1. The highest BCUT2D eigenvalue weighted by molar-refractivity contribution is 9.10. The smallest absolute Gasteiger partial charge is 0.0851 e. The van der Waals surface area contributed by atoms with Crippen molar-refractivity contribution in [3.05, 3.63) is 62.9 Å². The molecule has 1 aromatic carbocycles. The van der Waals surface area contributed by atoms with Gasteiger partial charge in [-0.3, -0.25) is 4.98 Å². The Hall–Kier alpha value is -1.23. The lowest BCUT2D eigenvalue weighted by Crippen LogP contribution is -2.02. The van der Waals surface area contributed by atoms with Crippen LogP contribution in [0.1, 0.15) is 17.2 Å². The summed E-state index contributed by atoms with van der Waals surface area (Å²) in [6.45, 7) is 0. The van der Waals surface area contributed by atoms with Crippen molar-refractivity contribution >= 4 is 38.2 Å². The van der Waals surface area contributed by atoms with E-state index in [0.29, 0.717) is 6.42 Å². The zero-order chi connectivity index (χ0) is 13.2. The summed E-state index contributed by atoms with van der Waals surface area (Å²) in [6, 6.07) is 9.87. The van der Waals surface area contributed by atoms with Crippen LogP contribution in [0.5, 0.6) is 0 Å². The van der Waals surface area contributed by atoms with Crippen molar-refractivity contribution in [1.82, 2.24) is 4.98 Å². The summed E-state index contributed by atoms with van der Waals surface area (Å²) in [4.78, 5) is 4.40. The molecular formula is C15H12BrNOS. The molecule has 1 N–H and O–H groups in total. The molecule has 19 heavy (non-hydrogen) atoms. The summed E-state index contributed by atoms with van der Waals surface area (Å²) < 4.78 is 1.00. The SMILES string of the molecule is OC(Cc1ccsc1)c1ccc(Br)c2cccnc12. The van der Waals surface area contributed by atoms with E-state index < -0.39 is 6.10 Å². The predicted octanol–water partition coefficient (Wildman–Crippen LogP) is 4.33. The Morgan fingerprint density at radius 1 is 1.26 bits per heavy atom. The summed E-state index contributed by atoms with van der Waals surface area (Å²) >= 11 is 5.17. The second-order valence-corrected chi connectivity index (χ2v) is 6.02. The molecule has 3 aromatic rings. The van der Waals surface area contributed by atoms with Crippen molar-refractivity contribution in [2.75, 3.05) is 0 Å². The van der Waals surface area contributed by atoms with Gasteiger partial charge in [-0.25, -0.2) is 0 Å². The maximum Gasteiger partial charge on any atom is 0.0851 e. The number of hydrogen-bond acceptors (Lipinski definition) is 3. The van der Waals surface area contributed by atoms with Crippen LogP contribution in [0.2, 0.25) is 0 Å². The minimum absolute atomic E-state index is 0.528. The van der Waals surface area contributed by atoms with Gasteiger partial charge in [-0.1, -0.05) is 28.1 Å². The fraction of sp³-hybridized carbons (Fsp3) is 0.133. The first-order valence-corrected chi connectivity index (χ1v) is 7.71. The molecule has 0 fully saturated rings. The van der Waals surface area contributed by atoms with Crippen molar-refractivity contribution in [3.8, 4) is 0 Å². The lowest BCUT2D eigenvalue weighted by atomic mass is 10.0. The molecule has 2 nitrogen and oxygen atoms in total. The van der Waals surface area contributed by atoms with E-state index in [1.807, 2.05) is 35.7 Å². The van der Waals surface area contributed by atoms with Crippen molar-refractivity contribution < 1.29 is 5.11 Å². The van der Waals surface area contributed by atoms with Gasteiger partial charge >= 0.3 is 0 Å². The van der Waals surface area contributed by atoms with Gasteiger partial charge in [0.25, 0.3) is 0 Å². The summed E-state index contributed by atoms with van der Waals surface area (Å²) in [5, 5.41) is 15.6. The Bertz CT molecular complexity index is 696. The number of hydrogen-bond donors (Lipinski definition) is 1. The topological polar surface area (TPSA) is 33.1 Å². The van der Waals surface area contributed by atoms with Crippen LogP contribution in [0.25, 0.3) is 10.9 Å². The second kappa shape index (κ2) is 5.41. The van der Waals surface area contributed by atoms with Gasteiger partial charge in [0, 0.05) is 28.0 Å². The first kappa shape index (κ1) is 12.8. The van der Waals surface area contributed by atoms with Crippen LogP contribution in [0.3, 0.4) is 0 Å². The Balaban J connectivity index is 2.03. The molecule has 0 saturated carbocycles. The Morgan fingerprint density at radius 3 is 2.95 bits per heavy atom. The number of fused-ring (bicyclic) bond motifs is 1. The molecule has 0 bridgehead atoms. The normalized spacial score (nSPS) is 12.7. The minimum atomic E-state index is -0.528. The van der Waals surface area contributed by atoms with E-state index in [1.54, 1.807) is 17.5 Å². The summed E-state index contributed by atoms with van der Waals surface area (Å²) in [7, 11) is 0. The molecule has 0 saturated heterocycles. The highest BCUT2D eigenvalue weighted by atomic mass is 79.9. The van der Waals surface area contributed by atoms with Gasteiger partial charge in [0.1, 0.15) is 0 Å². The van der Waals surface area contributed by atoms with Gasteiger partial charge in [-0.05, 0) is 34.5 Å². The summed E-state index contributed by atoms with van der Waals surface area (Å²) in [5.74, 6) is 0. The summed E-state index contributed by atoms with van der Waals surface area (Å²) in [5.41, 5.74) is 2.90. The molecule has 0 radical (unpaired) electrons. The molecule has 0 aliphatic carbocycles. The van der Waals surface area contributed by atoms with Crippen molar-refractivity contribution in [1.29, 1.82) is 0 Å². The monoisotopic (exact) mass is 333 g/mol. The van der Waals surface area contributed by atoms with Gasteiger partial charge in [-0.15, -0.1) is 0 Å². The molecule has 2 heterocycles. The molecule has 0 aliphatic heterocycles. The Kier molecular flexibility index (Phi) is 3.64. The maximum atomic E-state index is 10.4. The maximum absolute atomic E-state index is 10.4. The molecule has 1 atom stereocenters. The van der Waals surface area contributed by atoms with Crippen LogP contribution in [0.15, 0.2) is 51.8 Å². The van der Waals surface area contributed by atoms with E-state index in [-0.39, 0.29) is 0 Å². The number of halogens is 1. The number of thiophene rings is 1. The van der Waals surface area contributed by atoms with Crippen LogP contribution >= 0.6 is 27.3 Å². The lowest BCUT2D eigenvalue weighted by molar-refractivity contribution is 0.180. The molecule has 0 spiro atoms. The van der Waals surface area contributed by atoms with Crippen molar-refractivity contribution in [2.45, 2.75) is 12.5 Å². The second-order valence-electron chi connectivity index (χ2n) is 4.39. The Labute approximate surface area is 123 Å². The first-order valence-electron chi connectivity index (χ1n) is 5.98. The zero-order valence-corrected chi connectivity index (χ0v) is 12.5. The molecular weight excluding hydrogens is 322 g/mol. The number of benzene rings is 1. The molecule has 0 aliphatic rings. The number of nitrogens with zero attached hydrogens (tertiary/aromatic N) is 1. The first-order chi connectivity index (χ1) is 9.25. The van der Waals surface area contributed by atoms with Gasteiger partial charge in [0.15, 0.2) is 0 Å². The van der Waals surface area contributed by atoms with E-state index in [9.17, 15) is 5.11 Å². The van der Waals surface area contributed by atoms with Crippen LogP contribution in [-0.4, -0.2) is 10.1 Å². The summed E-state index contributed by atoms with van der Waals surface area (Å²) in [6.07, 6.45) is 1.85. The predicted molar refractivity (Wildman–Crippen MR) is 82.4 cm³/mol. The number of aromatic nitrogens is 1. The average molecular weight is 334 g/mol. The van der Waals surface area contributed by atoms with Crippen LogP contribution < -0.4 is 0 Å². The standard InChI is InChI=1S/C15H12BrNOS/c16-13-4-3-12(15-11(13)2-1-6-17-15)14(18)8-10-5-7-19-9-10/h1-7,9,14,18H,8H2. The van der Waals surface area contributed by atoms with E-state index in [1.165, 1.54) is 0 Å². The minimum Gasteiger partial charge on any atom is -0.388 e. The quantitative estimate of drug-likeness (QED) is 0.773. The molecule has 3 rings (SSSR count). The number of aliphatic hydroxyl groups is 1. The van der Waals surface area contributed by atoms with Gasteiger partial charge < -0.3 is 5.11 Å². The molecule has 4 heteroatoms. The van der Waals surface area contributed by atoms with E-state index in [4.69, 9.17) is 0 Å². The molecule has 96 valence electrons. The molecule has 2 aromatic heterocycles. The number of aliphatic hydroxyl groups excluding tert-OH is 1. The average Bonchev–Trinajstić information content (AvgIpc) is 2.92. The van der Waals surface area contributed by atoms with E-state index in [0.717, 1.165) is 26.5 Å². The third kappa shape index (κ3) is 2.56. The number of pyridine rings is 1. The van der Waals surface area contributed by atoms with Crippen molar-refractivity contribution in [2.24, 2.45) is 0 Å². The third-order valence-corrected chi connectivity index (χ3v) is 4.54. The molecule has 0 amide bonds. The van der Waals surface area contributed by atoms with Crippen LogP contribution in [0, 0.1) is 0 Å². The van der Waals surface area contributed by atoms with Gasteiger partial charge in [-0.2, -0.15) is 11.3 Å². The highest BCUT2D eigenvalue weighted by Gasteiger charge is 2.14. The van der Waals surface area contributed by atoms with Crippen LogP contribution in [-0.2, 0) is 6.42 Å². The fourth-order valence-electron chi connectivity index (χ4n) is 2.17. The highest BCUT2D eigenvalue weighted by Crippen LogP contribution is 2.30.